The summed E-state index contributed by atoms with van der Waals surface area (Å²) in [6, 6.07) is 0. The van der Waals surface area contributed by atoms with E-state index in [-0.39, 0.29) is 11.9 Å². The van der Waals surface area contributed by atoms with Crippen LogP contribution in [-0.4, -0.2) is 48.3 Å². The zero-order valence-electron chi connectivity index (χ0n) is 14.6. The van der Waals surface area contributed by atoms with E-state index in [4.69, 9.17) is 9.47 Å². The molecule has 1 spiro atoms. The molecule has 1 amide bonds. The third-order valence-corrected chi connectivity index (χ3v) is 5.39. The highest BCUT2D eigenvalue weighted by atomic mass is 16.6. The van der Waals surface area contributed by atoms with Crippen molar-refractivity contribution in [2.75, 3.05) is 19.6 Å². The Hall–Kier alpha value is -1.14. The van der Waals surface area contributed by atoms with Crippen LogP contribution in [0, 0.1) is 5.41 Å². The van der Waals surface area contributed by atoms with Crippen molar-refractivity contribution < 1.29 is 19.1 Å². The highest BCUT2D eigenvalue weighted by molar-refractivity contribution is 5.82. The zero-order valence-corrected chi connectivity index (χ0v) is 14.6. The number of amides is 1. The molecule has 0 atom stereocenters. The van der Waals surface area contributed by atoms with Gasteiger partial charge >= 0.3 is 5.97 Å². The summed E-state index contributed by atoms with van der Waals surface area (Å²) in [5.74, 6) is -0.202. The molecule has 4 fully saturated rings. The Morgan fingerprint density at radius 2 is 1.83 bits per heavy atom. The molecule has 0 aromatic rings. The molecule has 2 bridgehead atoms. The van der Waals surface area contributed by atoms with Gasteiger partial charge in [0.25, 0.3) is 0 Å². The minimum Gasteiger partial charge on any atom is -0.459 e. The van der Waals surface area contributed by atoms with E-state index in [1.165, 1.54) is 6.92 Å². The first-order valence-corrected chi connectivity index (χ1v) is 8.51. The molecule has 1 aliphatic carbocycles. The molecule has 0 aromatic heterocycles. The molecular weight excluding hydrogens is 296 g/mol. The normalized spacial score (nSPS) is 34.8. The van der Waals surface area contributed by atoms with Gasteiger partial charge in [0.15, 0.2) is 0 Å². The average Bonchev–Trinajstić information content (AvgIpc) is 2.80. The minimum atomic E-state index is -0.555. The van der Waals surface area contributed by atoms with Crippen LogP contribution in [0.2, 0.25) is 0 Å². The van der Waals surface area contributed by atoms with E-state index in [1.54, 1.807) is 0 Å². The van der Waals surface area contributed by atoms with Crippen molar-refractivity contribution >= 4 is 11.9 Å². The van der Waals surface area contributed by atoms with Crippen LogP contribution in [-0.2, 0) is 19.1 Å². The summed E-state index contributed by atoms with van der Waals surface area (Å²) in [6.07, 6.45) is 2.92. The maximum atomic E-state index is 13.0. The minimum absolute atomic E-state index is 0.0657. The van der Waals surface area contributed by atoms with E-state index in [9.17, 15) is 9.59 Å². The third kappa shape index (κ3) is 2.66. The highest BCUT2D eigenvalue weighted by Crippen LogP contribution is 2.69. The number of carbonyl (C=O) groups is 2. The fraction of sp³-hybridized carbons (Fsp3) is 0.882. The van der Waals surface area contributed by atoms with Crippen LogP contribution in [0.15, 0.2) is 0 Å². The van der Waals surface area contributed by atoms with Gasteiger partial charge in [0.1, 0.15) is 11.0 Å². The van der Waals surface area contributed by atoms with Gasteiger partial charge in [-0.25, -0.2) is 0 Å². The van der Waals surface area contributed by atoms with Gasteiger partial charge < -0.3 is 20.1 Å². The summed E-state index contributed by atoms with van der Waals surface area (Å²) < 4.78 is 12.2. The van der Waals surface area contributed by atoms with Crippen LogP contribution in [0.3, 0.4) is 0 Å². The molecule has 4 rings (SSSR count). The number of nitrogens with one attached hydrogen (secondary N) is 2. The van der Waals surface area contributed by atoms with E-state index < -0.39 is 22.2 Å². The van der Waals surface area contributed by atoms with Gasteiger partial charge in [-0.2, -0.15) is 0 Å². The molecule has 0 radical (unpaired) electrons. The molecule has 1 saturated carbocycles. The molecule has 3 saturated heterocycles. The van der Waals surface area contributed by atoms with Crippen molar-refractivity contribution in [2.45, 2.75) is 70.2 Å². The Labute approximate surface area is 137 Å². The predicted octanol–water partition coefficient (Wildman–Crippen LogP) is 1.14. The predicted molar refractivity (Wildman–Crippen MR) is 84.8 cm³/mol. The number of hydrogen-bond donors (Lipinski definition) is 2. The van der Waals surface area contributed by atoms with Gasteiger partial charge in [-0.05, 0) is 59.5 Å². The molecule has 2 N–H and O–H groups in total. The Bertz CT molecular complexity index is 511. The van der Waals surface area contributed by atoms with Crippen LogP contribution in [0.5, 0.6) is 0 Å². The fourth-order valence-electron chi connectivity index (χ4n) is 4.52. The number of esters is 1. The van der Waals surface area contributed by atoms with Crippen LogP contribution < -0.4 is 10.6 Å². The monoisotopic (exact) mass is 324 g/mol. The number of hydrogen-bond acceptors (Lipinski definition) is 5. The zero-order chi connectivity index (χ0) is 16.9. The Morgan fingerprint density at radius 3 is 2.35 bits per heavy atom. The topological polar surface area (TPSA) is 76.7 Å². The summed E-state index contributed by atoms with van der Waals surface area (Å²) in [5.41, 5.74) is -1.90. The molecule has 0 aromatic carbocycles. The van der Waals surface area contributed by atoms with Crippen LogP contribution in [0.1, 0.15) is 53.4 Å². The van der Waals surface area contributed by atoms with Crippen LogP contribution >= 0.6 is 0 Å². The number of carbonyl (C=O) groups excluding carboxylic acids is 2. The van der Waals surface area contributed by atoms with E-state index in [2.05, 4.69) is 10.6 Å². The van der Waals surface area contributed by atoms with Gasteiger partial charge in [0.2, 0.25) is 5.91 Å². The van der Waals surface area contributed by atoms with E-state index in [0.29, 0.717) is 19.4 Å². The maximum absolute atomic E-state index is 13.0. The largest absolute Gasteiger partial charge is 0.459 e. The summed E-state index contributed by atoms with van der Waals surface area (Å²) in [6.45, 7) is 9.37. The second-order valence-corrected chi connectivity index (χ2v) is 8.38. The Balaban J connectivity index is 1.83. The van der Waals surface area contributed by atoms with Gasteiger partial charge in [0, 0.05) is 13.5 Å². The van der Waals surface area contributed by atoms with Gasteiger partial charge in [-0.1, -0.05) is 0 Å². The number of ether oxygens (including phenoxy) is 2. The van der Waals surface area contributed by atoms with Gasteiger partial charge in [-0.3, -0.25) is 9.59 Å². The summed E-state index contributed by atoms with van der Waals surface area (Å²) in [4.78, 5) is 24.2. The molecule has 6 nitrogen and oxygen atoms in total. The highest BCUT2D eigenvalue weighted by Gasteiger charge is 2.78. The first-order chi connectivity index (χ1) is 10.6. The Morgan fingerprint density at radius 1 is 1.22 bits per heavy atom. The van der Waals surface area contributed by atoms with E-state index in [1.807, 2.05) is 20.8 Å². The van der Waals surface area contributed by atoms with Crippen molar-refractivity contribution in [1.29, 1.82) is 0 Å². The van der Waals surface area contributed by atoms with Gasteiger partial charge in [-0.15, -0.1) is 0 Å². The molecule has 23 heavy (non-hydrogen) atoms. The third-order valence-electron chi connectivity index (χ3n) is 5.39. The SMILES string of the molecule is CC(=O)NCC12CC(C(=O)OC(C)(C)C)(C1)C1(CCNCC1)O2. The number of rotatable bonds is 3. The molecule has 130 valence electrons. The summed E-state index contributed by atoms with van der Waals surface area (Å²) in [5, 5.41) is 6.20. The molecular formula is C17H28N2O4. The number of piperidine rings is 1. The van der Waals surface area contributed by atoms with E-state index >= 15 is 0 Å². The molecule has 6 heteroatoms. The van der Waals surface area contributed by atoms with Crippen LogP contribution in [0.25, 0.3) is 0 Å². The molecule has 3 heterocycles. The quantitative estimate of drug-likeness (QED) is 0.761. The average molecular weight is 324 g/mol. The molecule has 0 unspecified atom stereocenters. The Kier molecular flexibility index (Phi) is 3.76. The lowest BCUT2D eigenvalue weighted by Crippen LogP contribution is -2.60. The standard InChI is InChI=1S/C17H28N2O4/c1-12(20)19-11-15-9-16(10-15,13(21)22-14(2,3)4)17(23-15)5-7-18-8-6-17/h18H,5-11H2,1-4H3,(H,19,20). The van der Waals surface area contributed by atoms with Crippen molar-refractivity contribution in [3.8, 4) is 0 Å². The second kappa shape index (κ2) is 5.18. The van der Waals surface area contributed by atoms with Gasteiger partial charge in [0.05, 0.1) is 11.2 Å². The van der Waals surface area contributed by atoms with Crippen LogP contribution in [0.4, 0.5) is 0 Å². The van der Waals surface area contributed by atoms with Crippen molar-refractivity contribution in [1.82, 2.24) is 10.6 Å². The van der Waals surface area contributed by atoms with E-state index in [0.717, 1.165) is 25.9 Å². The fourth-order valence-corrected chi connectivity index (χ4v) is 4.52. The maximum Gasteiger partial charge on any atom is 0.315 e. The lowest BCUT2D eigenvalue weighted by atomic mass is 9.54. The first kappa shape index (κ1) is 16.7. The first-order valence-electron chi connectivity index (χ1n) is 8.51. The van der Waals surface area contributed by atoms with Crippen molar-refractivity contribution in [3.63, 3.8) is 0 Å². The molecule has 4 aliphatic rings. The lowest BCUT2D eigenvalue weighted by Gasteiger charge is -2.48. The summed E-state index contributed by atoms with van der Waals surface area (Å²) >= 11 is 0. The molecule has 3 aliphatic heterocycles. The summed E-state index contributed by atoms with van der Waals surface area (Å²) in [7, 11) is 0. The second-order valence-electron chi connectivity index (χ2n) is 8.38. The lowest BCUT2D eigenvalue weighted by molar-refractivity contribution is -0.178. The van der Waals surface area contributed by atoms with Crippen molar-refractivity contribution in [3.05, 3.63) is 0 Å². The van der Waals surface area contributed by atoms with Crippen molar-refractivity contribution in [2.24, 2.45) is 5.41 Å². The smallest absolute Gasteiger partial charge is 0.315 e.